The fourth-order valence-corrected chi connectivity index (χ4v) is 1.63. The largest absolute Gasteiger partial charge is 0.488 e. The second kappa shape index (κ2) is 5.14. The van der Waals surface area contributed by atoms with Crippen LogP contribution in [0.4, 0.5) is 5.82 Å². The van der Waals surface area contributed by atoms with Crippen molar-refractivity contribution in [2.24, 2.45) is 0 Å². The molecule has 0 bridgehead atoms. The van der Waals surface area contributed by atoms with Crippen LogP contribution in [-0.2, 0) is 0 Å². The van der Waals surface area contributed by atoms with Gasteiger partial charge in [-0.1, -0.05) is 23.3 Å². The van der Waals surface area contributed by atoms with E-state index in [-0.39, 0.29) is 0 Å². The van der Waals surface area contributed by atoms with E-state index in [9.17, 15) is 0 Å². The normalized spacial score (nSPS) is 10.3. The zero-order valence-corrected chi connectivity index (χ0v) is 10.7. The van der Waals surface area contributed by atoms with Gasteiger partial charge >= 0.3 is 0 Å². The van der Waals surface area contributed by atoms with Crippen molar-refractivity contribution in [2.45, 2.75) is 6.92 Å². The fourth-order valence-electron chi connectivity index (χ4n) is 1.40. The zero-order chi connectivity index (χ0) is 13.1. The molecule has 1 aromatic carbocycles. The summed E-state index contributed by atoms with van der Waals surface area (Å²) >= 11 is 6.12. The van der Waals surface area contributed by atoms with Gasteiger partial charge in [0.1, 0.15) is 12.4 Å². The number of aromatic nitrogens is 1. The Bertz CT molecular complexity index is 578. The minimum absolute atomic E-state index is 0.337. The molecule has 4 nitrogen and oxygen atoms in total. The molecule has 0 saturated heterocycles. The number of rotatable bonds is 4. The molecule has 5 heteroatoms. The molecule has 2 aromatic rings. The van der Waals surface area contributed by atoms with Gasteiger partial charge in [-0.2, -0.15) is 0 Å². The van der Waals surface area contributed by atoms with Crippen LogP contribution < -0.4 is 10.5 Å². The molecule has 94 valence electrons. The van der Waals surface area contributed by atoms with E-state index in [1.165, 1.54) is 0 Å². The molecule has 0 unspecified atom stereocenters. The Morgan fingerprint density at radius 2 is 2.28 bits per heavy atom. The van der Waals surface area contributed by atoms with Gasteiger partial charge in [0.2, 0.25) is 0 Å². The van der Waals surface area contributed by atoms with E-state index in [0.717, 1.165) is 11.1 Å². The van der Waals surface area contributed by atoms with Crippen molar-refractivity contribution in [3.8, 4) is 17.1 Å². The number of ether oxygens (including phenoxy) is 1. The summed E-state index contributed by atoms with van der Waals surface area (Å²) in [5.74, 6) is 1.51. The van der Waals surface area contributed by atoms with E-state index >= 15 is 0 Å². The molecule has 18 heavy (non-hydrogen) atoms. The maximum absolute atomic E-state index is 6.12. The maximum atomic E-state index is 6.12. The molecule has 2 N–H and O–H groups in total. The third kappa shape index (κ3) is 2.84. The van der Waals surface area contributed by atoms with Crippen LogP contribution in [0, 0.1) is 0 Å². The minimum atomic E-state index is 0.337. The second-order valence-corrected chi connectivity index (χ2v) is 4.41. The smallest absolute Gasteiger partial charge is 0.169 e. The van der Waals surface area contributed by atoms with Gasteiger partial charge in [-0.05, 0) is 30.7 Å². The SMILES string of the molecule is C=C(C)COc1ccc(-c2cc(N)no2)cc1Cl. The molecule has 0 radical (unpaired) electrons. The summed E-state index contributed by atoms with van der Waals surface area (Å²) in [4.78, 5) is 0. The lowest BCUT2D eigenvalue weighted by molar-refractivity contribution is 0.353. The first-order valence-electron chi connectivity index (χ1n) is 5.35. The third-order valence-electron chi connectivity index (χ3n) is 2.22. The van der Waals surface area contributed by atoms with E-state index in [1.807, 2.05) is 13.0 Å². The molecule has 0 atom stereocenters. The first-order valence-corrected chi connectivity index (χ1v) is 5.73. The first kappa shape index (κ1) is 12.5. The third-order valence-corrected chi connectivity index (χ3v) is 2.51. The number of hydrogen-bond donors (Lipinski definition) is 1. The Kier molecular flexibility index (Phi) is 3.58. The van der Waals surface area contributed by atoms with E-state index in [4.69, 9.17) is 26.6 Å². The van der Waals surface area contributed by atoms with Crippen molar-refractivity contribution in [1.82, 2.24) is 5.16 Å². The van der Waals surface area contributed by atoms with Gasteiger partial charge in [-0.25, -0.2) is 0 Å². The Labute approximate surface area is 110 Å². The molecular weight excluding hydrogens is 252 g/mol. The van der Waals surface area contributed by atoms with Crippen molar-refractivity contribution >= 4 is 17.4 Å². The highest BCUT2D eigenvalue weighted by Gasteiger charge is 2.08. The van der Waals surface area contributed by atoms with Gasteiger partial charge in [-0.15, -0.1) is 0 Å². The molecule has 0 aliphatic carbocycles. The van der Waals surface area contributed by atoms with Gasteiger partial charge in [0.05, 0.1) is 5.02 Å². The summed E-state index contributed by atoms with van der Waals surface area (Å²) in [7, 11) is 0. The average Bonchev–Trinajstić information content (AvgIpc) is 2.74. The Balaban J connectivity index is 2.22. The molecule has 1 aromatic heterocycles. The highest BCUT2D eigenvalue weighted by atomic mass is 35.5. The van der Waals surface area contributed by atoms with Gasteiger partial charge in [-0.3, -0.25) is 0 Å². The van der Waals surface area contributed by atoms with Gasteiger partial charge in [0.15, 0.2) is 11.6 Å². The predicted molar refractivity (Wildman–Crippen MR) is 71.7 cm³/mol. The van der Waals surface area contributed by atoms with E-state index in [2.05, 4.69) is 11.7 Å². The van der Waals surface area contributed by atoms with Crippen molar-refractivity contribution in [3.63, 3.8) is 0 Å². The average molecular weight is 265 g/mol. The number of nitrogens with two attached hydrogens (primary N) is 1. The van der Waals surface area contributed by atoms with Crippen LogP contribution >= 0.6 is 11.6 Å². The minimum Gasteiger partial charge on any atom is -0.488 e. The summed E-state index contributed by atoms with van der Waals surface area (Å²) in [5, 5.41) is 4.12. The van der Waals surface area contributed by atoms with Crippen LogP contribution in [0.25, 0.3) is 11.3 Å². The van der Waals surface area contributed by atoms with E-state index in [0.29, 0.717) is 29.0 Å². The van der Waals surface area contributed by atoms with Crippen LogP contribution in [0.2, 0.25) is 5.02 Å². The predicted octanol–water partition coefficient (Wildman–Crippen LogP) is 3.53. The van der Waals surface area contributed by atoms with E-state index in [1.54, 1.807) is 18.2 Å². The summed E-state index contributed by atoms with van der Waals surface area (Å²) in [6.07, 6.45) is 0. The number of halogens is 1. The molecular formula is C13H13ClN2O2. The van der Waals surface area contributed by atoms with Crippen molar-refractivity contribution < 1.29 is 9.26 Å². The van der Waals surface area contributed by atoms with Crippen LogP contribution in [-0.4, -0.2) is 11.8 Å². The van der Waals surface area contributed by atoms with Crippen LogP contribution in [0.15, 0.2) is 40.9 Å². The van der Waals surface area contributed by atoms with Gasteiger partial charge in [0, 0.05) is 11.6 Å². The molecule has 0 aliphatic heterocycles. The topological polar surface area (TPSA) is 61.3 Å². The lowest BCUT2D eigenvalue weighted by Gasteiger charge is -2.08. The molecule has 2 rings (SSSR count). The Morgan fingerprint density at radius 1 is 1.50 bits per heavy atom. The lowest BCUT2D eigenvalue weighted by atomic mass is 10.1. The quantitative estimate of drug-likeness (QED) is 0.858. The van der Waals surface area contributed by atoms with Gasteiger partial charge < -0.3 is 15.0 Å². The number of hydrogen-bond acceptors (Lipinski definition) is 4. The Hall–Kier alpha value is -1.94. The second-order valence-electron chi connectivity index (χ2n) is 4.01. The monoisotopic (exact) mass is 264 g/mol. The molecule has 0 fully saturated rings. The van der Waals surface area contributed by atoms with Crippen LogP contribution in [0.3, 0.4) is 0 Å². The van der Waals surface area contributed by atoms with Crippen molar-refractivity contribution in [3.05, 3.63) is 41.4 Å². The molecule has 0 aliphatic rings. The van der Waals surface area contributed by atoms with Crippen LogP contribution in [0.1, 0.15) is 6.92 Å². The van der Waals surface area contributed by atoms with E-state index < -0.39 is 0 Å². The zero-order valence-electron chi connectivity index (χ0n) is 9.94. The van der Waals surface area contributed by atoms with Crippen molar-refractivity contribution in [2.75, 3.05) is 12.3 Å². The number of anilines is 1. The van der Waals surface area contributed by atoms with Gasteiger partial charge in [0.25, 0.3) is 0 Å². The lowest BCUT2D eigenvalue weighted by Crippen LogP contribution is -1.97. The highest BCUT2D eigenvalue weighted by molar-refractivity contribution is 6.32. The summed E-state index contributed by atoms with van der Waals surface area (Å²) in [6.45, 7) is 6.09. The molecule has 0 amide bonds. The van der Waals surface area contributed by atoms with Crippen LogP contribution in [0.5, 0.6) is 5.75 Å². The highest BCUT2D eigenvalue weighted by Crippen LogP contribution is 2.31. The molecule has 0 spiro atoms. The van der Waals surface area contributed by atoms with Crippen molar-refractivity contribution in [1.29, 1.82) is 0 Å². The molecule has 0 saturated carbocycles. The summed E-state index contributed by atoms with van der Waals surface area (Å²) in [5.41, 5.74) is 7.22. The standard InChI is InChI=1S/C13H13ClN2O2/c1-8(2)7-17-11-4-3-9(5-10(11)14)12-6-13(15)16-18-12/h3-6H,1,7H2,2H3,(H2,15,16). The number of nitrogens with zero attached hydrogens (tertiary/aromatic N) is 1. The fraction of sp³-hybridized carbons (Fsp3) is 0.154. The summed E-state index contributed by atoms with van der Waals surface area (Å²) < 4.78 is 10.5. The summed E-state index contributed by atoms with van der Waals surface area (Å²) in [6, 6.07) is 6.99. The number of benzene rings is 1. The maximum Gasteiger partial charge on any atom is 0.169 e. The molecule has 1 heterocycles. The first-order chi connectivity index (χ1) is 8.56. The Morgan fingerprint density at radius 3 is 2.83 bits per heavy atom. The number of nitrogen functional groups attached to an aromatic ring is 1.